The van der Waals surface area contributed by atoms with Crippen LogP contribution in [0.15, 0.2) is 42.5 Å². The molecule has 2 aromatic carbocycles. The molecule has 0 saturated heterocycles. The van der Waals surface area contributed by atoms with E-state index in [1.165, 1.54) is 6.07 Å². The first-order valence-corrected chi connectivity index (χ1v) is 8.96. The summed E-state index contributed by atoms with van der Waals surface area (Å²) in [7, 11) is 0. The molecule has 132 valence electrons. The second-order valence-corrected chi connectivity index (χ2v) is 7.08. The lowest BCUT2D eigenvalue weighted by atomic mass is 10.2. The zero-order chi connectivity index (χ0) is 17.8. The number of halogens is 3. The minimum absolute atomic E-state index is 0.103. The molecule has 1 N–H and O–H groups in total. The van der Waals surface area contributed by atoms with Crippen LogP contribution in [-0.2, 0) is 17.9 Å². The van der Waals surface area contributed by atoms with Gasteiger partial charge in [0.15, 0.2) is 0 Å². The van der Waals surface area contributed by atoms with Crippen LogP contribution >= 0.6 is 23.2 Å². The molecule has 3 nitrogen and oxygen atoms in total. The molecule has 2 aromatic rings. The topological polar surface area (TPSA) is 32.3 Å². The van der Waals surface area contributed by atoms with Crippen molar-refractivity contribution in [2.24, 2.45) is 0 Å². The van der Waals surface area contributed by atoms with E-state index in [2.05, 4.69) is 5.32 Å². The number of amides is 1. The summed E-state index contributed by atoms with van der Waals surface area (Å²) < 4.78 is 13.9. The third-order valence-corrected chi connectivity index (χ3v) is 4.82. The number of nitrogens with zero attached hydrogens (tertiary/aromatic N) is 1. The Morgan fingerprint density at radius 3 is 2.60 bits per heavy atom. The van der Waals surface area contributed by atoms with Crippen LogP contribution in [-0.4, -0.2) is 23.4 Å². The van der Waals surface area contributed by atoms with Gasteiger partial charge in [-0.3, -0.25) is 9.69 Å². The Morgan fingerprint density at radius 2 is 1.92 bits per heavy atom. The summed E-state index contributed by atoms with van der Waals surface area (Å²) >= 11 is 12.0. The Bertz CT molecular complexity index is 765. The number of nitrogens with one attached hydrogen (secondary N) is 1. The van der Waals surface area contributed by atoms with Gasteiger partial charge in [-0.15, -0.1) is 0 Å². The first kappa shape index (κ1) is 18.2. The maximum absolute atomic E-state index is 13.9. The molecule has 0 radical (unpaired) electrons. The fraction of sp³-hybridized carbons (Fsp3) is 0.316. The van der Waals surface area contributed by atoms with E-state index in [0.29, 0.717) is 34.7 Å². The average Bonchev–Trinajstić information content (AvgIpc) is 3.40. The Kier molecular flexibility index (Phi) is 5.94. The second-order valence-electron chi connectivity index (χ2n) is 6.24. The van der Waals surface area contributed by atoms with Crippen LogP contribution in [0.2, 0.25) is 10.0 Å². The summed E-state index contributed by atoms with van der Waals surface area (Å²) in [5.74, 6) is -0.337. The average molecular weight is 381 g/mol. The molecule has 0 heterocycles. The lowest BCUT2D eigenvalue weighted by Gasteiger charge is -2.22. The van der Waals surface area contributed by atoms with Crippen LogP contribution in [0.1, 0.15) is 24.0 Å². The maximum Gasteiger partial charge on any atom is 0.234 e. The van der Waals surface area contributed by atoms with Crippen LogP contribution in [0.5, 0.6) is 0 Å². The van der Waals surface area contributed by atoms with Gasteiger partial charge in [-0.25, -0.2) is 4.39 Å². The fourth-order valence-corrected chi connectivity index (χ4v) is 3.17. The van der Waals surface area contributed by atoms with Gasteiger partial charge in [0.1, 0.15) is 5.82 Å². The SMILES string of the molecule is O=C(CN(Cc1ccccc1F)C1CC1)NCc1ccc(Cl)cc1Cl. The molecule has 0 spiro atoms. The maximum atomic E-state index is 13.9. The van der Waals surface area contributed by atoms with E-state index >= 15 is 0 Å². The minimum atomic E-state index is -0.235. The summed E-state index contributed by atoms with van der Waals surface area (Å²) in [4.78, 5) is 14.3. The van der Waals surface area contributed by atoms with Gasteiger partial charge in [0, 0.05) is 34.7 Å². The van der Waals surface area contributed by atoms with Crippen LogP contribution < -0.4 is 5.32 Å². The van der Waals surface area contributed by atoms with Gasteiger partial charge in [-0.1, -0.05) is 47.5 Å². The van der Waals surface area contributed by atoms with Crippen LogP contribution in [0, 0.1) is 5.82 Å². The van der Waals surface area contributed by atoms with Gasteiger partial charge in [-0.05, 0) is 36.6 Å². The summed E-state index contributed by atoms with van der Waals surface area (Å²) in [6.07, 6.45) is 2.09. The molecular formula is C19H19Cl2FN2O. The Balaban J connectivity index is 1.57. The number of benzene rings is 2. The van der Waals surface area contributed by atoms with Crippen LogP contribution in [0.25, 0.3) is 0 Å². The smallest absolute Gasteiger partial charge is 0.234 e. The highest BCUT2D eigenvalue weighted by Crippen LogP contribution is 2.28. The summed E-state index contributed by atoms with van der Waals surface area (Å²) in [5, 5.41) is 3.96. The largest absolute Gasteiger partial charge is 0.351 e. The molecule has 1 aliphatic carbocycles. The number of carbonyl (C=O) groups excluding carboxylic acids is 1. The molecule has 0 bridgehead atoms. The van der Waals surface area contributed by atoms with Crippen molar-refractivity contribution in [1.82, 2.24) is 10.2 Å². The highest BCUT2D eigenvalue weighted by Gasteiger charge is 2.30. The van der Waals surface area contributed by atoms with Gasteiger partial charge < -0.3 is 5.32 Å². The molecule has 1 amide bonds. The molecule has 25 heavy (non-hydrogen) atoms. The summed E-state index contributed by atoms with van der Waals surface area (Å²) in [5.41, 5.74) is 1.43. The van der Waals surface area contributed by atoms with E-state index in [-0.39, 0.29) is 18.3 Å². The zero-order valence-corrected chi connectivity index (χ0v) is 15.2. The molecule has 0 aromatic heterocycles. The van der Waals surface area contributed by atoms with Crippen molar-refractivity contribution in [3.8, 4) is 0 Å². The lowest BCUT2D eigenvalue weighted by Crippen LogP contribution is -2.38. The van der Waals surface area contributed by atoms with Crippen molar-refractivity contribution in [2.75, 3.05) is 6.54 Å². The van der Waals surface area contributed by atoms with E-state index in [4.69, 9.17) is 23.2 Å². The Morgan fingerprint density at radius 1 is 1.16 bits per heavy atom. The molecule has 6 heteroatoms. The van der Waals surface area contributed by atoms with E-state index in [1.807, 2.05) is 11.0 Å². The summed E-state index contributed by atoms with van der Waals surface area (Å²) in [6, 6.07) is 12.2. The van der Waals surface area contributed by atoms with Crippen molar-refractivity contribution in [2.45, 2.75) is 32.0 Å². The monoisotopic (exact) mass is 380 g/mol. The first-order chi connectivity index (χ1) is 12.0. The number of hydrogen-bond donors (Lipinski definition) is 1. The number of rotatable bonds is 7. The molecular weight excluding hydrogens is 362 g/mol. The molecule has 1 fully saturated rings. The van der Waals surface area contributed by atoms with Gasteiger partial charge >= 0.3 is 0 Å². The molecule has 1 aliphatic rings. The highest BCUT2D eigenvalue weighted by atomic mass is 35.5. The third-order valence-electron chi connectivity index (χ3n) is 4.23. The molecule has 0 aliphatic heterocycles. The van der Waals surface area contributed by atoms with E-state index in [1.54, 1.807) is 30.3 Å². The van der Waals surface area contributed by atoms with E-state index in [0.717, 1.165) is 18.4 Å². The number of hydrogen-bond acceptors (Lipinski definition) is 2. The normalized spacial score (nSPS) is 13.9. The third kappa shape index (κ3) is 5.18. The van der Waals surface area contributed by atoms with Gasteiger partial charge in [0.2, 0.25) is 5.91 Å². The first-order valence-electron chi connectivity index (χ1n) is 8.21. The van der Waals surface area contributed by atoms with Crippen molar-refractivity contribution < 1.29 is 9.18 Å². The predicted octanol–water partition coefficient (Wildman–Crippen LogP) is 4.41. The molecule has 0 unspecified atom stereocenters. The van der Waals surface area contributed by atoms with Crippen molar-refractivity contribution >= 4 is 29.1 Å². The zero-order valence-electron chi connectivity index (χ0n) is 13.6. The minimum Gasteiger partial charge on any atom is -0.351 e. The van der Waals surface area contributed by atoms with E-state index in [9.17, 15) is 9.18 Å². The molecule has 3 rings (SSSR count). The number of carbonyl (C=O) groups is 1. The van der Waals surface area contributed by atoms with Crippen LogP contribution in [0.3, 0.4) is 0 Å². The van der Waals surface area contributed by atoms with Crippen molar-refractivity contribution in [3.63, 3.8) is 0 Å². The highest BCUT2D eigenvalue weighted by molar-refractivity contribution is 6.35. The molecule has 0 atom stereocenters. The summed E-state index contributed by atoms with van der Waals surface area (Å²) in [6.45, 7) is 1.02. The van der Waals surface area contributed by atoms with Gasteiger partial charge in [-0.2, -0.15) is 0 Å². The van der Waals surface area contributed by atoms with Gasteiger partial charge in [0.25, 0.3) is 0 Å². The van der Waals surface area contributed by atoms with Crippen molar-refractivity contribution in [3.05, 3.63) is 69.5 Å². The fourth-order valence-electron chi connectivity index (χ4n) is 2.70. The standard InChI is InChI=1S/C19H19Cl2FN2O/c20-15-6-5-13(17(21)9-15)10-23-19(25)12-24(16-7-8-16)11-14-3-1-2-4-18(14)22/h1-6,9,16H,7-8,10-12H2,(H,23,25). The predicted molar refractivity (Wildman–Crippen MR) is 98.1 cm³/mol. The lowest BCUT2D eigenvalue weighted by molar-refractivity contribution is -0.122. The quantitative estimate of drug-likeness (QED) is 0.771. The Labute approximate surface area is 156 Å². The van der Waals surface area contributed by atoms with Crippen molar-refractivity contribution in [1.29, 1.82) is 0 Å². The second kappa shape index (κ2) is 8.17. The molecule has 1 saturated carbocycles. The van der Waals surface area contributed by atoms with E-state index < -0.39 is 0 Å². The van der Waals surface area contributed by atoms with Gasteiger partial charge in [0.05, 0.1) is 6.54 Å². The van der Waals surface area contributed by atoms with Crippen LogP contribution in [0.4, 0.5) is 4.39 Å². The Hall–Kier alpha value is -1.62.